The fourth-order valence-electron chi connectivity index (χ4n) is 3.45. The van der Waals surface area contributed by atoms with E-state index in [-0.39, 0.29) is 11.7 Å². The molecule has 1 fully saturated rings. The number of rotatable bonds is 3. The van der Waals surface area contributed by atoms with Crippen molar-refractivity contribution in [1.82, 2.24) is 20.0 Å². The molecule has 1 unspecified atom stereocenters. The summed E-state index contributed by atoms with van der Waals surface area (Å²) in [6, 6.07) is 9.36. The minimum absolute atomic E-state index is 0.0226. The fraction of sp³-hybridized carbons (Fsp3) is 0.300. The van der Waals surface area contributed by atoms with E-state index < -0.39 is 5.41 Å². The quantitative estimate of drug-likeness (QED) is 0.710. The maximum atomic E-state index is 13.1. The minimum atomic E-state index is -0.400. The summed E-state index contributed by atoms with van der Waals surface area (Å²) in [6.45, 7) is 3.24. The summed E-state index contributed by atoms with van der Waals surface area (Å²) in [4.78, 5) is 23.1. The van der Waals surface area contributed by atoms with Crippen LogP contribution in [0.4, 0.5) is 4.39 Å². The van der Waals surface area contributed by atoms with Crippen molar-refractivity contribution < 1.29 is 13.7 Å². The Morgan fingerprint density at radius 2 is 1.93 bits per heavy atom. The molecular formula is C20H19FN4O2. The van der Waals surface area contributed by atoms with E-state index in [0.717, 1.165) is 12.8 Å². The molecular weight excluding hydrogens is 347 g/mol. The van der Waals surface area contributed by atoms with E-state index in [9.17, 15) is 9.18 Å². The summed E-state index contributed by atoms with van der Waals surface area (Å²) < 4.78 is 18.5. The molecule has 1 aliphatic heterocycles. The summed E-state index contributed by atoms with van der Waals surface area (Å²) in [7, 11) is 0. The van der Waals surface area contributed by atoms with Crippen molar-refractivity contribution >= 4 is 5.91 Å². The Bertz CT molecular complexity index is 942. The zero-order valence-corrected chi connectivity index (χ0v) is 14.9. The van der Waals surface area contributed by atoms with Gasteiger partial charge < -0.3 is 9.42 Å². The monoisotopic (exact) mass is 366 g/mol. The molecule has 1 aromatic carbocycles. The summed E-state index contributed by atoms with van der Waals surface area (Å²) in [6.07, 6.45) is 4.94. The van der Waals surface area contributed by atoms with Gasteiger partial charge in [0.05, 0.1) is 0 Å². The Kier molecular flexibility index (Phi) is 4.43. The number of hydrogen-bond donors (Lipinski definition) is 0. The van der Waals surface area contributed by atoms with Gasteiger partial charge in [0.2, 0.25) is 0 Å². The highest BCUT2D eigenvalue weighted by Gasteiger charge is 2.38. The number of carbonyl (C=O) groups is 1. The van der Waals surface area contributed by atoms with Crippen LogP contribution in [-0.2, 0) is 5.41 Å². The van der Waals surface area contributed by atoms with E-state index >= 15 is 0 Å². The number of nitrogens with zero attached hydrogens (tertiary/aromatic N) is 4. The lowest BCUT2D eigenvalue weighted by atomic mass is 9.81. The second kappa shape index (κ2) is 6.90. The predicted molar refractivity (Wildman–Crippen MR) is 96.4 cm³/mol. The van der Waals surface area contributed by atoms with Crippen molar-refractivity contribution in [3.63, 3.8) is 0 Å². The van der Waals surface area contributed by atoms with Gasteiger partial charge >= 0.3 is 0 Å². The first kappa shape index (κ1) is 17.3. The maximum absolute atomic E-state index is 13.1. The third-order valence-corrected chi connectivity index (χ3v) is 4.97. The number of amides is 1. The SMILES string of the molecule is CC1(c2noc(-c3ccc(F)cc3)n2)CCCN(C(=O)c2ccncc2)C1. The largest absolute Gasteiger partial charge is 0.338 e. The molecule has 1 aliphatic rings. The summed E-state index contributed by atoms with van der Waals surface area (Å²) in [5, 5.41) is 4.15. The van der Waals surface area contributed by atoms with Crippen LogP contribution in [0.1, 0.15) is 35.9 Å². The number of halogens is 1. The summed E-state index contributed by atoms with van der Waals surface area (Å²) in [5.74, 6) is 0.575. The lowest BCUT2D eigenvalue weighted by molar-refractivity contribution is 0.0642. The first-order chi connectivity index (χ1) is 13.0. The molecule has 3 heterocycles. The number of hydrogen-bond acceptors (Lipinski definition) is 5. The van der Waals surface area contributed by atoms with Crippen LogP contribution in [0.3, 0.4) is 0 Å². The van der Waals surface area contributed by atoms with Crippen LogP contribution in [0.5, 0.6) is 0 Å². The molecule has 138 valence electrons. The van der Waals surface area contributed by atoms with Gasteiger partial charge in [-0.3, -0.25) is 9.78 Å². The molecule has 0 aliphatic carbocycles. The third kappa shape index (κ3) is 3.45. The van der Waals surface area contributed by atoms with Crippen LogP contribution in [0.25, 0.3) is 11.5 Å². The molecule has 6 nitrogen and oxygen atoms in total. The third-order valence-electron chi connectivity index (χ3n) is 4.97. The Morgan fingerprint density at radius 1 is 1.19 bits per heavy atom. The van der Waals surface area contributed by atoms with Gasteiger partial charge in [0.25, 0.3) is 11.8 Å². The van der Waals surface area contributed by atoms with Crippen LogP contribution in [0.2, 0.25) is 0 Å². The highest BCUT2D eigenvalue weighted by Crippen LogP contribution is 2.33. The van der Waals surface area contributed by atoms with E-state index in [1.54, 1.807) is 36.7 Å². The van der Waals surface area contributed by atoms with Crippen LogP contribution in [-0.4, -0.2) is 39.0 Å². The Hall–Kier alpha value is -3.09. The van der Waals surface area contributed by atoms with Gasteiger partial charge in [0.1, 0.15) is 5.82 Å². The smallest absolute Gasteiger partial charge is 0.257 e. The van der Waals surface area contributed by atoms with Gasteiger partial charge in [-0.25, -0.2) is 4.39 Å². The average Bonchev–Trinajstić information content (AvgIpc) is 3.20. The normalized spacial score (nSPS) is 19.9. The van der Waals surface area contributed by atoms with Crippen molar-refractivity contribution in [2.75, 3.05) is 13.1 Å². The first-order valence-corrected chi connectivity index (χ1v) is 8.85. The Morgan fingerprint density at radius 3 is 2.67 bits per heavy atom. The molecule has 0 N–H and O–H groups in total. The van der Waals surface area contributed by atoms with Crippen LogP contribution >= 0.6 is 0 Å². The van der Waals surface area contributed by atoms with Crippen molar-refractivity contribution in [2.45, 2.75) is 25.2 Å². The zero-order valence-electron chi connectivity index (χ0n) is 14.9. The average molecular weight is 366 g/mol. The molecule has 0 saturated carbocycles. The molecule has 4 rings (SSSR count). The molecule has 0 bridgehead atoms. The van der Waals surface area contributed by atoms with Crippen molar-refractivity contribution in [2.24, 2.45) is 0 Å². The molecule has 0 radical (unpaired) electrons. The lowest BCUT2D eigenvalue weighted by Gasteiger charge is -2.38. The van der Waals surface area contributed by atoms with Gasteiger partial charge in [0.15, 0.2) is 5.82 Å². The van der Waals surface area contributed by atoms with E-state index in [1.807, 2.05) is 11.8 Å². The van der Waals surface area contributed by atoms with E-state index in [1.165, 1.54) is 12.1 Å². The van der Waals surface area contributed by atoms with Gasteiger partial charge in [-0.15, -0.1) is 0 Å². The van der Waals surface area contributed by atoms with E-state index in [4.69, 9.17) is 4.52 Å². The molecule has 3 aromatic rings. The lowest BCUT2D eigenvalue weighted by Crippen LogP contribution is -2.47. The van der Waals surface area contributed by atoms with Crippen LogP contribution in [0.15, 0.2) is 53.3 Å². The standard InChI is InChI=1S/C20H19FN4O2/c1-20(19-23-17(27-24-19)14-3-5-16(21)6-4-14)9-2-12-25(13-20)18(26)15-7-10-22-11-8-15/h3-8,10-11H,2,9,12-13H2,1H3. The Balaban J connectivity index is 1.56. The molecule has 1 atom stereocenters. The molecule has 1 amide bonds. The second-order valence-electron chi connectivity index (χ2n) is 7.06. The van der Waals surface area contributed by atoms with Gasteiger partial charge in [-0.2, -0.15) is 4.98 Å². The highest BCUT2D eigenvalue weighted by atomic mass is 19.1. The second-order valence-corrected chi connectivity index (χ2v) is 7.06. The number of aromatic nitrogens is 3. The zero-order chi connectivity index (χ0) is 18.9. The first-order valence-electron chi connectivity index (χ1n) is 8.85. The van der Waals surface area contributed by atoms with Crippen LogP contribution < -0.4 is 0 Å². The molecule has 0 spiro atoms. The van der Waals surface area contributed by atoms with E-state index in [2.05, 4.69) is 15.1 Å². The molecule has 2 aromatic heterocycles. The Labute approximate surface area is 156 Å². The molecule has 27 heavy (non-hydrogen) atoms. The minimum Gasteiger partial charge on any atom is -0.338 e. The van der Waals surface area contributed by atoms with Crippen LogP contribution in [0, 0.1) is 5.82 Å². The van der Waals surface area contributed by atoms with Gasteiger partial charge in [-0.1, -0.05) is 12.1 Å². The van der Waals surface area contributed by atoms with Gasteiger partial charge in [-0.05, 0) is 49.2 Å². The number of benzene rings is 1. The topological polar surface area (TPSA) is 72.1 Å². The highest BCUT2D eigenvalue weighted by molar-refractivity contribution is 5.94. The number of carbonyl (C=O) groups excluding carboxylic acids is 1. The summed E-state index contributed by atoms with van der Waals surface area (Å²) >= 11 is 0. The number of likely N-dealkylation sites (tertiary alicyclic amines) is 1. The number of pyridine rings is 1. The molecule has 7 heteroatoms. The predicted octanol–water partition coefficient (Wildman–Crippen LogP) is 3.46. The van der Waals surface area contributed by atoms with E-state index in [0.29, 0.717) is 35.9 Å². The molecule has 1 saturated heterocycles. The van der Waals surface area contributed by atoms with Crippen molar-refractivity contribution in [3.05, 3.63) is 66.0 Å². The maximum Gasteiger partial charge on any atom is 0.257 e. The number of piperidine rings is 1. The fourth-order valence-corrected chi connectivity index (χ4v) is 3.45. The summed E-state index contributed by atoms with van der Waals surface area (Å²) in [5.41, 5.74) is 0.886. The van der Waals surface area contributed by atoms with Gasteiger partial charge in [0, 0.05) is 42.0 Å². The van der Waals surface area contributed by atoms with Crippen molar-refractivity contribution in [3.8, 4) is 11.5 Å². The van der Waals surface area contributed by atoms with Crippen molar-refractivity contribution in [1.29, 1.82) is 0 Å².